The molecule has 0 bridgehead atoms. The van der Waals surface area contributed by atoms with E-state index >= 15 is 0 Å². The third-order valence-electron chi connectivity index (χ3n) is 3.95. The minimum absolute atomic E-state index is 0.0608. The Kier molecular flexibility index (Phi) is 4.76. The second-order valence-corrected chi connectivity index (χ2v) is 5.59. The van der Waals surface area contributed by atoms with Gasteiger partial charge in [-0.05, 0) is 32.1 Å². The Morgan fingerprint density at radius 1 is 1.26 bits per heavy atom. The average Bonchev–Trinajstić information content (AvgIpc) is 3.21. The van der Waals surface area contributed by atoms with Crippen molar-refractivity contribution < 1.29 is 14.7 Å². The van der Waals surface area contributed by atoms with Gasteiger partial charge in [0.05, 0.1) is 6.04 Å². The molecule has 1 unspecified atom stereocenters. The molecular weight excluding hydrogens is 246 g/mol. The molecule has 0 aromatic carbocycles. The van der Waals surface area contributed by atoms with Gasteiger partial charge in [0, 0.05) is 31.6 Å². The zero-order valence-electron chi connectivity index (χ0n) is 11.2. The highest BCUT2D eigenvalue weighted by Gasteiger charge is 2.32. The third-order valence-corrected chi connectivity index (χ3v) is 3.95. The largest absolute Gasteiger partial charge is 0.481 e. The van der Waals surface area contributed by atoms with Gasteiger partial charge in [-0.25, -0.2) is 0 Å². The topological polar surface area (TPSA) is 95.7 Å². The van der Waals surface area contributed by atoms with Crippen LogP contribution in [0.25, 0.3) is 0 Å². The molecular formula is C13H23N3O3. The summed E-state index contributed by atoms with van der Waals surface area (Å²) in [5, 5.41) is 11.5. The van der Waals surface area contributed by atoms with Gasteiger partial charge in [-0.2, -0.15) is 0 Å². The van der Waals surface area contributed by atoms with Crippen LogP contribution in [0.5, 0.6) is 0 Å². The Labute approximate surface area is 113 Å². The maximum Gasteiger partial charge on any atom is 0.303 e. The van der Waals surface area contributed by atoms with Crippen LogP contribution in [0.15, 0.2) is 0 Å². The first kappa shape index (κ1) is 14.3. The van der Waals surface area contributed by atoms with Gasteiger partial charge >= 0.3 is 5.97 Å². The molecule has 0 spiro atoms. The number of carbonyl (C=O) groups excluding carboxylic acids is 1. The second kappa shape index (κ2) is 6.34. The number of amides is 1. The van der Waals surface area contributed by atoms with E-state index in [1.807, 2.05) is 0 Å². The first-order chi connectivity index (χ1) is 9.06. The summed E-state index contributed by atoms with van der Waals surface area (Å²) in [7, 11) is 0. The molecule has 1 atom stereocenters. The predicted octanol–water partition coefficient (Wildman–Crippen LogP) is -0.0785. The first-order valence-corrected chi connectivity index (χ1v) is 7.08. The summed E-state index contributed by atoms with van der Waals surface area (Å²) in [5.74, 6) is -1.13. The quantitative estimate of drug-likeness (QED) is 0.627. The second-order valence-electron chi connectivity index (χ2n) is 5.59. The molecule has 2 aliphatic rings. The third kappa shape index (κ3) is 4.47. The number of nitrogens with one attached hydrogen (secondary N) is 1. The molecule has 0 aromatic rings. The van der Waals surface area contributed by atoms with Crippen molar-refractivity contribution in [1.29, 1.82) is 0 Å². The van der Waals surface area contributed by atoms with E-state index in [0.717, 1.165) is 32.0 Å². The number of aliphatic carboxylic acids is 1. The lowest BCUT2D eigenvalue weighted by Crippen LogP contribution is -2.50. The average molecular weight is 269 g/mol. The Morgan fingerprint density at radius 3 is 2.42 bits per heavy atom. The number of piperidine rings is 1. The van der Waals surface area contributed by atoms with Crippen molar-refractivity contribution >= 4 is 11.9 Å². The number of likely N-dealkylation sites (tertiary alicyclic amines) is 1. The van der Waals surface area contributed by atoms with Crippen LogP contribution in [0.3, 0.4) is 0 Å². The molecule has 1 amide bonds. The fraction of sp³-hybridized carbons (Fsp3) is 0.846. The zero-order valence-corrected chi connectivity index (χ0v) is 11.2. The van der Waals surface area contributed by atoms with Crippen molar-refractivity contribution in [3.63, 3.8) is 0 Å². The van der Waals surface area contributed by atoms with E-state index in [9.17, 15) is 9.59 Å². The van der Waals surface area contributed by atoms with Crippen molar-refractivity contribution in [3.05, 3.63) is 0 Å². The van der Waals surface area contributed by atoms with E-state index in [1.54, 1.807) is 0 Å². The maximum atomic E-state index is 11.8. The molecule has 19 heavy (non-hydrogen) atoms. The number of hydrogen-bond acceptors (Lipinski definition) is 4. The lowest BCUT2D eigenvalue weighted by molar-refractivity contribution is -0.137. The molecule has 1 aliphatic heterocycles. The fourth-order valence-corrected chi connectivity index (χ4v) is 2.57. The van der Waals surface area contributed by atoms with Crippen molar-refractivity contribution in [1.82, 2.24) is 10.2 Å². The standard InChI is InChI=1S/C13H23N3O3/c14-11(3-4-12(17)18)13(19)15-9-5-7-16(8-6-9)10-1-2-10/h9-11H,1-8,14H2,(H,15,19)(H,17,18). The summed E-state index contributed by atoms with van der Waals surface area (Å²) in [6.07, 6.45) is 4.70. The number of hydrogen-bond donors (Lipinski definition) is 3. The number of carboxylic acids is 1. The van der Waals surface area contributed by atoms with Gasteiger partial charge in [-0.1, -0.05) is 0 Å². The van der Waals surface area contributed by atoms with Crippen molar-refractivity contribution in [3.8, 4) is 0 Å². The molecule has 1 aliphatic carbocycles. The smallest absolute Gasteiger partial charge is 0.303 e. The minimum atomic E-state index is -0.916. The molecule has 6 heteroatoms. The highest BCUT2D eigenvalue weighted by atomic mass is 16.4. The van der Waals surface area contributed by atoms with Crippen LogP contribution in [-0.2, 0) is 9.59 Å². The SMILES string of the molecule is NC(CCC(=O)O)C(=O)NC1CCN(C2CC2)CC1. The molecule has 4 N–H and O–H groups in total. The molecule has 2 fully saturated rings. The van der Waals surface area contributed by atoms with Crippen LogP contribution < -0.4 is 11.1 Å². The molecule has 0 radical (unpaired) electrons. The molecule has 1 saturated heterocycles. The van der Waals surface area contributed by atoms with Gasteiger partial charge in [-0.15, -0.1) is 0 Å². The summed E-state index contributed by atoms with van der Waals surface area (Å²) >= 11 is 0. The van der Waals surface area contributed by atoms with Crippen LogP contribution in [0.2, 0.25) is 0 Å². The summed E-state index contributed by atoms with van der Waals surface area (Å²) in [5.41, 5.74) is 5.68. The zero-order chi connectivity index (χ0) is 13.8. The lowest BCUT2D eigenvalue weighted by Gasteiger charge is -2.32. The molecule has 6 nitrogen and oxygen atoms in total. The number of nitrogens with zero attached hydrogens (tertiary/aromatic N) is 1. The van der Waals surface area contributed by atoms with E-state index in [1.165, 1.54) is 12.8 Å². The summed E-state index contributed by atoms with van der Waals surface area (Å²) in [4.78, 5) is 24.7. The van der Waals surface area contributed by atoms with E-state index in [2.05, 4.69) is 10.2 Å². The molecule has 2 rings (SSSR count). The Morgan fingerprint density at radius 2 is 1.89 bits per heavy atom. The Balaban J connectivity index is 1.66. The van der Waals surface area contributed by atoms with E-state index < -0.39 is 12.0 Å². The van der Waals surface area contributed by atoms with E-state index in [-0.39, 0.29) is 24.8 Å². The van der Waals surface area contributed by atoms with Crippen molar-refractivity contribution in [2.24, 2.45) is 5.73 Å². The van der Waals surface area contributed by atoms with Crippen LogP contribution >= 0.6 is 0 Å². The molecule has 1 saturated carbocycles. The highest BCUT2D eigenvalue weighted by molar-refractivity contribution is 5.82. The predicted molar refractivity (Wildman–Crippen MR) is 70.6 cm³/mol. The Hall–Kier alpha value is -1.14. The summed E-state index contributed by atoms with van der Waals surface area (Å²) in [6, 6.07) is 0.269. The van der Waals surface area contributed by atoms with Crippen LogP contribution in [0.1, 0.15) is 38.5 Å². The minimum Gasteiger partial charge on any atom is -0.481 e. The summed E-state index contributed by atoms with van der Waals surface area (Å²) in [6.45, 7) is 2.08. The number of rotatable bonds is 6. The van der Waals surface area contributed by atoms with Gasteiger partial charge < -0.3 is 21.1 Å². The van der Waals surface area contributed by atoms with Gasteiger partial charge in [0.1, 0.15) is 0 Å². The van der Waals surface area contributed by atoms with Gasteiger partial charge in [-0.3, -0.25) is 9.59 Å². The van der Waals surface area contributed by atoms with Gasteiger partial charge in [0.25, 0.3) is 0 Å². The lowest BCUT2D eigenvalue weighted by atomic mass is 10.0. The van der Waals surface area contributed by atoms with Crippen molar-refractivity contribution in [2.45, 2.75) is 56.7 Å². The summed E-state index contributed by atoms with van der Waals surface area (Å²) < 4.78 is 0. The first-order valence-electron chi connectivity index (χ1n) is 7.08. The maximum absolute atomic E-state index is 11.8. The van der Waals surface area contributed by atoms with Crippen LogP contribution in [-0.4, -0.2) is 53.1 Å². The number of nitrogens with two attached hydrogens (primary N) is 1. The van der Waals surface area contributed by atoms with E-state index in [0.29, 0.717) is 0 Å². The normalized spacial score (nSPS) is 23.0. The van der Waals surface area contributed by atoms with Gasteiger partial charge in [0.15, 0.2) is 0 Å². The fourth-order valence-electron chi connectivity index (χ4n) is 2.57. The molecule has 1 heterocycles. The monoisotopic (exact) mass is 269 g/mol. The van der Waals surface area contributed by atoms with Crippen LogP contribution in [0, 0.1) is 0 Å². The molecule has 0 aromatic heterocycles. The van der Waals surface area contributed by atoms with Crippen LogP contribution in [0.4, 0.5) is 0 Å². The number of carboxylic acid groups (broad SMARTS) is 1. The number of carbonyl (C=O) groups is 2. The highest BCUT2D eigenvalue weighted by Crippen LogP contribution is 2.29. The van der Waals surface area contributed by atoms with Gasteiger partial charge in [0.2, 0.25) is 5.91 Å². The van der Waals surface area contributed by atoms with E-state index in [4.69, 9.17) is 10.8 Å². The van der Waals surface area contributed by atoms with Crippen molar-refractivity contribution in [2.75, 3.05) is 13.1 Å². The Bertz CT molecular complexity index is 336. The molecule has 108 valence electrons.